The molecule has 274 valence electrons. The molecule has 0 saturated heterocycles. The molecule has 55 heavy (non-hydrogen) atoms. The highest BCUT2D eigenvalue weighted by Gasteiger charge is 2.25. The Morgan fingerprint density at radius 1 is 0.455 bits per heavy atom. The van der Waals surface area contributed by atoms with Crippen molar-refractivity contribution in [1.82, 2.24) is 0 Å². The molecule has 7 rings (SSSR count). The minimum Gasteiger partial charge on any atom is -0.508 e. The first-order valence-electron chi connectivity index (χ1n) is 17.9. The lowest BCUT2D eigenvalue weighted by molar-refractivity contribution is 0.0725. The summed E-state index contributed by atoms with van der Waals surface area (Å²) in [6.45, 7) is 8.40. The van der Waals surface area contributed by atoms with E-state index in [1.165, 1.54) is 0 Å². The fourth-order valence-corrected chi connectivity index (χ4v) is 6.60. The van der Waals surface area contributed by atoms with Crippen molar-refractivity contribution in [2.45, 2.75) is 38.5 Å². The van der Waals surface area contributed by atoms with Crippen LogP contribution in [0.3, 0.4) is 0 Å². The largest absolute Gasteiger partial charge is 0.508 e. The molecule has 0 aliphatic carbocycles. The number of ether oxygens (including phenoxy) is 2. The number of benzene rings is 6. The predicted octanol–water partition coefficient (Wildman–Crippen LogP) is 11.1. The molecule has 0 unspecified atom stereocenters. The number of carbonyl (C=O) groups is 2. The zero-order valence-electron chi connectivity index (χ0n) is 30.9. The molecule has 1 heterocycles. The van der Waals surface area contributed by atoms with Gasteiger partial charge in [-0.05, 0) is 107 Å². The molecule has 0 atom stereocenters. The number of rotatable bonds is 10. The Bertz CT molecular complexity index is 2250. The number of esters is 2. The van der Waals surface area contributed by atoms with Crippen molar-refractivity contribution in [1.29, 1.82) is 0 Å². The Morgan fingerprint density at radius 3 is 1.18 bits per heavy atom. The van der Waals surface area contributed by atoms with Crippen molar-refractivity contribution < 1.29 is 33.7 Å². The van der Waals surface area contributed by atoms with Gasteiger partial charge in [0.05, 0.1) is 17.4 Å². The predicted molar refractivity (Wildman–Crippen MR) is 213 cm³/mol. The summed E-state index contributed by atoms with van der Waals surface area (Å²) in [5.74, 6) is 0.987. The third kappa shape index (κ3) is 7.78. The Hall–Kier alpha value is -6.86. The van der Waals surface area contributed by atoms with Crippen LogP contribution >= 0.6 is 0 Å². The summed E-state index contributed by atoms with van der Waals surface area (Å²) in [6, 6.07) is 45.2. The third-order valence-electron chi connectivity index (χ3n) is 10.2. The summed E-state index contributed by atoms with van der Waals surface area (Å²) in [5, 5.41) is 19.3. The fourth-order valence-electron chi connectivity index (χ4n) is 6.60. The maximum absolute atomic E-state index is 13.0. The molecule has 0 aliphatic heterocycles. The Balaban J connectivity index is 0.976. The molecule has 0 aliphatic rings. The van der Waals surface area contributed by atoms with Gasteiger partial charge in [0, 0.05) is 22.0 Å². The van der Waals surface area contributed by atoms with Crippen molar-refractivity contribution in [2.75, 3.05) is 0 Å². The van der Waals surface area contributed by atoms with Crippen molar-refractivity contribution in [3.05, 3.63) is 191 Å². The van der Waals surface area contributed by atoms with Crippen LogP contribution in [0.15, 0.2) is 162 Å². The molecule has 0 radical (unpaired) electrons. The first-order chi connectivity index (χ1) is 26.4. The van der Waals surface area contributed by atoms with Gasteiger partial charge in [-0.3, -0.25) is 0 Å². The number of hydrogen-bond acceptors (Lipinski definition) is 7. The van der Waals surface area contributed by atoms with Gasteiger partial charge in [-0.1, -0.05) is 100 Å². The molecule has 0 saturated carbocycles. The summed E-state index contributed by atoms with van der Waals surface area (Å²) in [6.07, 6.45) is 1.61. The van der Waals surface area contributed by atoms with E-state index < -0.39 is 11.9 Å². The molecule has 0 fully saturated rings. The number of furan rings is 1. The van der Waals surface area contributed by atoms with Crippen LogP contribution in [0.1, 0.15) is 70.7 Å². The van der Waals surface area contributed by atoms with Crippen LogP contribution in [0, 0.1) is 0 Å². The molecule has 1 aromatic heterocycles. The minimum absolute atomic E-state index is 0.221. The second-order valence-electron chi connectivity index (χ2n) is 14.5. The van der Waals surface area contributed by atoms with Crippen LogP contribution in [-0.2, 0) is 10.8 Å². The third-order valence-corrected chi connectivity index (χ3v) is 10.2. The second-order valence-corrected chi connectivity index (χ2v) is 14.5. The van der Waals surface area contributed by atoms with E-state index in [9.17, 15) is 19.8 Å². The number of phenolic OH excluding ortho intramolecular Hbond substituents is 2. The molecular weight excluding hydrogens is 689 g/mol. The Labute approximate surface area is 320 Å². The SMILES string of the molecule is CC(C)(c1ccc(O)cc1)c1ccc(OC(=O)c2ccc(-c3ccoc3-c3ccc(C(=O)Oc4ccc(C(C)(C)c5ccc(O)cc5)cc4)cc3)cc2)cc1. The van der Waals surface area contributed by atoms with Gasteiger partial charge < -0.3 is 24.1 Å². The van der Waals surface area contributed by atoms with Crippen molar-refractivity contribution >= 4 is 11.9 Å². The maximum atomic E-state index is 13.0. The van der Waals surface area contributed by atoms with E-state index in [2.05, 4.69) is 27.7 Å². The van der Waals surface area contributed by atoms with Crippen LogP contribution in [-0.4, -0.2) is 22.2 Å². The van der Waals surface area contributed by atoms with Crippen molar-refractivity contribution in [3.63, 3.8) is 0 Å². The average Bonchev–Trinajstić information content (AvgIpc) is 3.69. The zero-order valence-corrected chi connectivity index (χ0v) is 30.9. The number of carbonyl (C=O) groups excluding carboxylic acids is 2. The van der Waals surface area contributed by atoms with Crippen LogP contribution in [0.2, 0.25) is 0 Å². The molecule has 6 aromatic carbocycles. The fraction of sp³-hybridized carbons (Fsp3) is 0.125. The molecular formula is C48H40O7. The van der Waals surface area contributed by atoms with Gasteiger partial charge >= 0.3 is 11.9 Å². The highest BCUT2D eigenvalue weighted by molar-refractivity contribution is 5.93. The molecule has 2 N–H and O–H groups in total. The lowest BCUT2D eigenvalue weighted by Gasteiger charge is -2.26. The minimum atomic E-state index is -0.479. The molecule has 0 spiro atoms. The van der Waals surface area contributed by atoms with Gasteiger partial charge in [0.15, 0.2) is 0 Å². The number of aromatic hydroxyl groups is 2. The van der Waals surface area contributed by atoms with Gasteiger partial charge in [0.2, 0.25) is 0 Å². The summed E-state index contributed by atoms with van der Waals surface area (Å²) < 4.78 is 17.2. The van der Waals surface area contributed by atoms with Gasteiger partial charge in [0.1, 0.15) is 28.8 Å². The highest BCUT2D eigenvalue weighted by atomic mass is 16.5. The van der Waals surface area contributed by atoms with Gasteiger partial charge in [-0.25, -0.2) is 9.59 Å². The molecule has 7 heteroatoms. The van der Waals surface area contributed by atoms with E-state index in [1.54, 1.807) is 79.1 Å². The zero-order chi connectivity index (χ0) is 38.7. The first-order valence-corrected chi connectivity index (χ1v) is 17.9. The molecule has 7 nitrogen and oxygen atoms in total. The van der Waals surface area contributed by atoms with Crippen LogP contribution in [0.5, 0.6) is 23.0 Å². The van der Waals surface area contributed by atoms with Crippen molar-refractivity contribution in [3.8, 4) is 45.4 Å². The number of phenols is 2. The summed E-state index contributed by atoms with van der Waals surface area (Å²) in [7, 11) is 0. The monoisotopic (exact) mass is 728 g/mol. The Morgan fingerprint density at radius 2 is 0.800 bits per heavy atom. The number of hydrogen-bond donors (Lipinski definition) is 2. The topological polar surface area (TPSA) is 106 Å². The lowest BCUT2D eigenvalue weighted by atomic mass is 9.78. The van der Waals surface area contributed by atoms with Crippen LogP contribution < -0.4 is 9.47 Å². The highest BCUT2D eigenvalue weighted by Crippen LogP contribution is 2.36. The molecule has 7 aromatic rings. The summed E-state index contributed by atoms with van der Waals surface area (Å²) in [5.41, 5.74) is 6.83. The van der Waals surface area contributed by atoms with Gasteiger partial charge in [-0.2, -0.15) is 0 Å². The lowest BCUT2D eigenvalue weighted by Crippen LogP contribution is -2.18. The molecule has 0 amide bonds. The summed E-state index contributed by atoms with van der Waals surface area (Å²) in [4.78, 5) is 26.1. The van der Waals surface area contributed by atoms with E-state index in [0.29, 0.717) is 28.4 Å². The van der Waals surface area contributed by atoms with Gasteiger partial charge in [0.25, 0.3) is 0 Å². The maximum Gasteiger partial charge on any atom is 0.343 e. The first kappa shape index (κ1) is 36.5. The molecule has 0 bridgehead atoms. The van der Waals surface area contributed by atoms with E-state index in [0.717, 1.165) is 38.9 Å². The van der Waals surface area contributed by atoms with E-state index in [1.807, 2.05) is 78.9 Å². The van der Waals surface area contributed by atoms with E-state index >= 15 is 0 Å². The quantitative estimate of drug-likeness (QED) is 0.107. The normalized spacial score (nSPS) is 11.6. The summed E-state index contributed by atoms with van der Waals surface area (Å²) >= 11 is 0. The van der Waals surface area contributed by atoms with Crippen molar-refractivity contribution in [2.24, 2.45) is 0 Å². The smallest absolute Gasteiger partial charge is 0.343 e. The average molecular weight is 729 g/mol. The van der Waals surface area contributed by atoms with E-state index in [-0.39, 0.29) is 22.3 Å². The van der Waals surface area contributed by atoms with Crippen LogP contribution in [0.25, 0.3) is 22.5 Å². The van der Waals surface area contributed by atoms with E-state index in [4.69, 9.17) is 13.9 Å². The Kier molecular flexibility index (Phi) is 9.87. The second kappa shape index (κ2) is 14.9. The standard InChI is InChI=1S/C48H40O7/c1-47(2,35-13-21-39(49)22-14-35)37-17-25-41(26-18-37)54-45(51)33-9-5-31(6-10-33)43-29-30-53-44(43)32-7-11-34(12-8-32)46(52)55-42-27-19-38(20-28-42)48(3,4)36-15-23-40(50)24-16-36/h5-30,49-50H,1-4H3. The van der Waals surface area contributed by atoms with Gasteiger partial charge in [-0.15, -0.1) is 0 Å². The van der Waals surface area contributed by atoms with Crippen LogP contribution in [0.4, 0.5) is 0 Å².